The van der Waals surface area contributed by atoms with Crippen LogP contribution < -0.4 is 10.6 Å². The third-order valence-corrected chi connectivity index (χ3v) is 2.07. The van der Waals surface area contributed by atoms with E-state index in [1.54, 1.807) is 20.3 Å². The van der Waals surface area contributed by atoms with Gasteiger partial charge in [0.1, 0.15) is 5.52 Å². The number of hydrogen-bond donors (Lipinski definition) is 4. The molecule has 0 aliphatic rings. The summed E-state index contributed by atoms with van der Waals surface area (Å²) in [4.78, 5) is 15.4. The Morgan fingerprint density at radius 1 is 1.50 bits per heavy atom. The molecule has 1 unspecified atom stereocenters. The van der Waals surface area contributed by atoms with Gasteiger partial charge in [-0.2, -0.15) is 9.97 Å². The number of anilines is 2. The van der Waals surface area contributed by atoms with Gasteiger partial charge in [-0.15, -0.1) is 0 Å². The summed E-state index contributed by atoms with van der Waals surface area (Å²) < 4.78 is 0. The average Bonchev–Trinajstić information content (AvgIpc) is 2.73. The van der Waals surface area contributed by atoms with Gasteiger partial charge in [0, 0.05) is 13.6 Å². The van der Waals surface area contributed by atoms with E-state index in [0.717, 1.165) is 5.52 Å². The number of aromatic nitrogens is 4. The van der Waals surface area contributed by atoms with Gasteiger partial charge >= 0.3 is 0 Å². The van der Waals surface area contributed by atoms with Gasteiger partial charge in [0.2, 0.25) is 5.95 Å². The van der Waals surface area contributed by atoms with Crippen LogP contribution in [0.2, 0.25) is 0 Å². The van der Waals surface area contributed by atoms with Crippen molar-refractivity contribution in [1.82, 2.24) is 19.9 Å². The number of imidazole rings is 1. The first-order chi connectivity index (χ1) is 7.70. The Balaban J connectivity index is 2.36. The Morgan fingerprint density at radius 2 is 2.31 bits per heavy atom. The maximum Gasteiger partial charge on any atom is 0.226 e. The highest BCUT2D eigenvalue weighted by atomic mass is 16.3. The molecule has 0 amide bonds. The lowest BCUT2D eigenvalue weighted by atomic mass is 10.4. The normalized spacial score (nSPS) is 12.7. The molecule has 0 fully saturated rings. The highest BCUT2D eigenvalue weighted by molar-refractivity contribution is 5.83. The number of rotatable bonds is 4. The lowest BCUT2D eigenvalue weighted by molar-refractivity contribution is 0.208. The molecule has 16 heavy (non-hydrogen) atoms. The molecule has 0 aromatic carbocycles. The number of hydrogen-bond acceptors (Lipinski definition) is 6. The minimum absolute atomic E-state index is 0.425. The summed E-state index contributed by atoms with van der Waals surface area (Å²) in [6.07, 6.45) is 1.12. The smallest absolute Gasteiger partial charge is 0.226 e. The predicted molar refractivity (Wildman–Crippen MR) is 61.4 cm³/mol. The fraction of sp³-hybridized carbons (Fsp3) is 0.444. The van der Waals surface area contributed by atoms with E-state index < -0.39 is 6.10 Å². The number of aliphatic hydroxyl groups is 1. The van der Waals surface area contributed by atoms with E-state index in [2.05, 4.69) is 30.6 Å². The molecule has 2 heterocycles. The minimum Gasteiger partial charge on any atom is -0.392 e. The summed E-state index contributed by atoms with van der Waals surface area (Å²) in [5, 5.41) is 15.1. The van der Waals surface area contributed by atoms with Crippen LogP contribution in [0.25, 0.3) is 11.2 Å². The fourth-order valence-corrected chi connectivity index (χ4v) is 1.32. The Kier molecular flexibility index (Phi) is 2.86. The summed E-state index contributed by atoms with van der Waals surface area (Å²) in [7, 11) is 1.74. The molecule has 0 bridgehead atoms. The Hall–Kier alpha value is -1.89. The van der Waals surface area contributed by atoms with Crippen molar-refractivity contribution in [1.29, 1.82) is 0 Å². The van der Waals surface area contributed by atoms with Crippen molar-refractivity contribution < 1.29 is 5.11 Å². The van der Waals surface area contributed by atoms with Crippen LogP contribution in [0.15, 0.2) is 6.33 Å². The molecule has 0 spiro atoms. The molecule has 0 radical (unpaired) electrons. The molecule has 1 atom stereocenters. The lowest BCUT2D eigenvalue weighted by Crippen LogP contribution is -2.16. The second-order valence-electron chi connectivity index (χ2n) is 3.48. The highest BCUT2D eigenvalue weighted by Gasteiger charge is 2.09. The van der Waals surface area contributed by atoms with Gasteiger partial charge in [0.25, 0.3) is 0 Å². The lowest BCUT2D eigenvalue weighted by Gasteiger charge is -2.09. The van der Waals surface area contributed by atoms with E-state index in [9.17, 15) is 5.11 Å². The monoisotopic (exact) mass is 222 g/mol. The molecular weight excluding hydrogens is 208 g/mol. The van der Waals surface area contributed by atoms with Crippen molar-refractivity contribution in [2.24, 2.45) is 0 Å². The summed E-state index contributed by atoms with van der Waals surface area (Å²) >= 11 is 0. The van der Waals surface area contributed by atoms with Crippen LogP contribution in [0.4, 0.5) is 11.8 Å². The number of aromatic amines is 1. The third kappa shape index (κ3) is 2.03. The molecule has 7 heteroatoms. The molecule has 0 saturated carbocycles. The van der Waals surface area contributed by atoms with Crippen LogP contribution >= 0.6 is 0 Å². The van der Waals surface area contributed by atoms with Gasteiger partial charge < -0.3 is 20.7 Å². The number of H-pyrrole nitrogens is 1. The molecule has 0 saturated heterocycles. The predicted octanol–water partition coefficient (Wildman–Crippen LogP) is 0.187. The van der Waals surface area contributed by atoms with Crippen LogP contribution in [-0.2, 0) is 0 Å². The van der Waals surface area contributed by atoms with Gasteiger partial charge in [-0.3, -0.25) is 0 Å². The van der Waals surface area contributed by atoms with Crippen LogP contribution in [0.3, 0.4) is 0 Å². The summed E-state index contributed by atoms with van der Waals surface area (Å²) in [5.41, 5.74) is 1.33. The van der Waals surface area contributed by atoms with Crippen molar-refractivity contribution in [2.75, 3.05) is 24.2 Å². The SMILES string of the molecule is CNc1nc(NCC(C)O)c2[nH]cnc2n1. The molecular formula is C9H14N6O. The van der Waals surface area contributed by atoms with Gasteiger partial charge in [-0.05, 0) is 6.92 Å². The zero-order valence-corrected chi connectivity index (χ0v) is 9.15. The first-order valence-corrected chi connectivity index (χ1v) is 5.01. The summed E-state index contributed by atoms with van der Waals surface area (Å²) in [6.45, 7) is 2.13. The van der Waals surface area contributed by atoms with Crippen LogP contribution in [0.5, 0.6) is 0 Å². The first-order valence-electron chi connectivity index (χ1n) is 5.01. The zero-order chi connectivity index (χ0) is 11.5. The maximum atomic E-state index is 9.22. The van der Waals surface area contributed by atoms with Gasteiger partial charge in [-0.25, -0.2) is 4.98 Å². The largest absolute Gasteiger partial charge is 0.392 e. The van der Waals surface area contributed by atoms with E-state index in [1.165, 1.54) is 0 Å². The molecule has 86 valence electrons. The Bertz CT molecular complexity index is 480. The number of aliphatic hydroxyl groups excluding tert-OH is 1. The minimum atomic E-state index is -0.439. The highest BCUT2D eigenvalue weighted by Crippen LogP contribution is 2.17. The quantitative estimate of drug-likeness (QED) is 0.589. The molecule has 0 aliphatic heterocycles. The number of nitrogens with one attached hydrogen (secondary N) is 3. The Morgan fingerprint density at radius 3 is 3.00 bits per heavy atom. The molecule has 4 N–H and O–H groups in total. The molecule has 2 aromatic rings. The maximum absolute atomic E-state index is 9.22. The zero-order valence-electron chi connectivity index (χ0n) is 9.15. The first kappa shape index (κ1) is 10.6. The van der Waals surface area contributed by atoms with Gasteiger partial charge in [0.05, 0.1) is 12.4 Å². The average molecular weight is 222 g/mol. The Labute approximate surface area is 92.3 Å². The van der Waals surface area contributed by atoms with Crippen LogP contribution in [0, 0.1) is 0 Å². The molecule has 7 nitrogen and oxygen atoms in total. The summed E-state index contributed by atoms with van der Waals surface area (Å²) in [6, 6.07) is 0. The summed E-state index contributed by atoms with van der Waals surface area (Å²) in [5.74, 6) is 1.13. The second kappa shape index (κ2) is 4.31. The van der Waals surface area contributed by atoms with Crippen LogP contribution in [0.1, 0.15) is 6.92 Å². The molecule has 0 aliphatic carbocycles. The van der Waals surface area contributed by atoms with Crippen molar-refractivity contribution in [3.63, 3.8) is 0 Å². The molecule has 2 rings (SSSR count). The topological polar surface area (TPSA) is 98.8 Å². The van der Waals surface area contributed by atoms with Crippen LogP contribution in [-0.4, -0.2) is 44.7 Å². The van der Waals surface area contributed by atoms with E-state index in [-0.39, 0.29) is 0 Å². The second-order valence-corrected chi connectivity index (χ2v) is 3.48. The standard InChI is InChI=1S/C9H14N6O/c1-5(16)3-11-7-6-8(13-4-12-6)15-9(10-2)14-7/h4-5,16H,3H2,1-2H3,(H3,10,11,12,13,14,15). The molecule has 2 aromatic heterocycles. The van der Waals surface area contributed by atoms with E-state index >= 15 is 0 Å². The number of fused-ring (bicyclic) bond motifs is 1. The van der Waals surface area contributed by atoms with E-state index in [1.807, 2.05) is 0 Å². The van der Waals surface area contributed by atoms with E-state index in [4.69, 9.17) is 0 Å². The number of nitrogens with zero attached hydrogens (tertiary/aromatic N) is 3. The van der Waals surface area contributed by atoms with Crippen molar-refractivity contribution >= 4 is 22.9 Å². The van der Waals surface area contributed by atoms with Crippen molar-refractivity contribution in [3.8, 4) is 0 Å². The fourth-order valence-electron chi connectivity index (χ4n) is 1.32. The van der Waals surface area contributed by atoms with Gasteiger partial charge in [0.15, 0.2) is 11.5 Å². The van der Waals surface area contributed by atoms with Gasteiger partial charge in [-0.1, -0.05) is 0 Å². The van der Waals surface area contributed by atoms with E-state index in [0.29, 0.717) is 24.0 Å². The van der Waals surface area contributed by atoms with Crippen molar-refractivity contribution in [3.05, 3.63) is 6.33 Å². The third-order valence-electron chi connectivity index (χ3n) is 2.07. The van der Waals surface area contributed by atoms with Crippen molar-refractivity contribution in [2.45, 2.75) is 13.0 Å².